The van der Waals surface area contributed by atoms with E-state index in [2.05, 4.69) is 37.8 Å². The number of benzene rings is 1. The average molecular weight is 230 g/mol. The maximum Gasteiger partial charge on any atom is 0.0717 e. The number of hydrogen-bond acceptors (Lipinski definition) is 1. The second-order valence-corrected chi connectivity index (χ2v) is 4.34. The van der Waals surface area contributed by atoms with E-state index in [4.69, 9.17) is 4.74 Å². The Bertz CT molecular complexity index is 327. The number of rotatable bonds is 8. The lowest BCUT2D eigenvalue weighted by atomic mass is 10.1. The third-order valence-corrected chi connectivity index (χ3v) is 2.52. The second-order valence-electron chi connectivity index (χ2n) is 4.34. The fourth-order valence-electron chi connectivity index (χ4n) is 1.54. The summed E-state index contributed by atoms with van der Waals surface area (Å²) in [5.41, 5.74) is 1.24. The first-order valence-electron chi connectivity index (χ1n) is 6.20. The summed E-state index contributed by atoms with van der Waals surface area (Å²) in [6.45, 7) is 7.42. The molecule has 0 aliphatic carbocycles. The van der Waals surface area contributed by atoms with Gasteiger partial charge in [0.1, 0.15) is 0 Å². The molecule has 1 aromatic carbocycles. The van der Waals surface area contributed by atoms with Gasteiger partial charge in [0.05, 0.1) is 6.61 Å². The van der Waals surface area contributed by atoms with Crippen molar-refractivity contribution in [2.45, 2.75) is 26.4 Å². The average Bonchev–Trinajstić information content (AvgIpc) is 2.36. The van der Waals surface area contributed by atoms with Gasteiger partial charge in [-0.2, -0.15) is 0 Å². The Morgan fingerprint density at radius 1 is 1.24 bits per heavy atom. The van der Waals surface area contributed by atoms with Crippen molar-refractivity contribution < 1.29 is 4.74 Å². The predicted octanol–water partition coefficient (Wildman–Crippen LogP) is 4.36. The lowest BCUT2D eigenvalue weighted by Gasteiger charge is -2.09. The summed E-state index contributed by atoms with van der Waals surface area (Å²) in [4.78, 5) is 0. The summed E-state index contributed by atoms with van der Waals surface area (Å²) < 4.78 is 5.68. The molecular weight excluding hydrogens is 208 g/mol. The lowest BCUT2D eigenvalue weighted by molar-refractivity contribution is 0.0929. The molecule has 0 spiro atoms. The molecule has 92 valence electrons. The Kier molecular flexibility index (Phi) is 7.08. The van der Waals surface area contributed by atoms with Crippen molar-refractivity contribution in [3.8, 4) is 0 Å². The molecule has 0 unspecified atom stereocenters. The Morgan fingerprint density at radius 2 is 2.00 bits per heavy atom. The largest absolute Gasteiger partial charge is 0.376 e. The topological polar surface area (TPSA) is 9.23 Å². The lowest BCUT2D eigenvalue weighted by Crippen LogP contribution is -2.04. The SMILES string of the molecule is C=CC/C=C/C[C@@H](C)COCc1ccccc1. The molecule has 0 bridgehead atoms. The summed E-state index contributed by atoms with van der Waals surface area (Å²) in [6.07, 6.45) is 8.30. The van der Waals surface area contributed by atoms with Crippen LogP contribution in [0.3, 0.4) is 0 Å². The highest BCUT2D eigenvalue weighted by atomic mass is 16.5. The molecular formula is C16H22O. The van der Waals surface area contributed by atoms with Crippen LogP contribution in [0.4, 0.5) is 0 Å². The molecule has 0 saturated heterocycles. The van der Waals surface area contributed by atoms with Crippen LogP contribution in [0.15, 0.2) is 55.1 Å². The van der Waals surface area contributed by atoms with E-state index in [9.17, 15) is 0 Å². The van der Waals surface area contributed by atoms with Crippen LogP contribution in [0.2, 0.25) is 0 Å². The molecule has 0 N–H and O–H groups in total. The molecule has 1 atom stereocenters. The molecule has 1 rings (SSSR count). The van der Waals surface area contributed by atoms with E-state index in [0.29, 0.717) is 12.5 Å². The first-order chi connectivity index (χ1) is 8.33. The number of hydrogen-bond donors (Lipinski definition) is 0. The highest BCUT2D eigenvalue weighted by molar-refractivity contribution is 5.13. The van der Waals surface area contributed by atoms with Crippen molar-refractivity contribution >= 4 is 0 Å². The smallest absolute Gasteiger partial charge is 0.0717 e. The summed E-state index contributed by atoms with van der Waals surface area (Å²) in [5, 5.41) is 0. The Balaban J connectivity index is 2.12. The molecule has 1 nitrogen and oxygen atoms in total. The van der Waals surface area contributed by atoms with Crippen LogP contribution in [0.5, 0.6) is 0 Å². The Labute approximate surface area is 105 Å². The minimum Gasteiger partial charge on any atom is -0.376 e. The summed E-state index contributed by atoms with van der Waals surface area (Å²) >= 11 is 0. The van der Waals surface area contributed by atoms with Gasteiger partial charge in [-0.25, -0.2) is 0 Å². The molecule has 0 aromatic heterocycles. The van der Waals surface area contributed by atoms with E-state index in [1.54, 1.807) is 0 Å². The van der Waals surface area contributed by atoms with Gasteiger partial charge in [-0.15, -0.1) is 6.58 Å². The minimum atomic E-state index is 0.569. The summed E-state index contributed by atoms with van der Waals surface area (Å²) in [6, 6.07) is 10.3. The van der Waals surface area contributed by atoms with Gasteiger partial charge < -0.3 is 4.74 Å². The maximum absolute atomic E-state index is 5.68. The molecule has 1 heteroatoms. The van der Waals surface area contributed by atoms with Crippen LogP contribution < -0.4 is 0 Å². The molecule has 0 fully saturated rings. The summed E-state index contributed by atoms with van der Waals surface area (Å²) in [7, 11) is 0. The summed E-state index contributed by atoms with van der Waals surface area (Å²) in [5.74, 6) is 0.569. The molecule has 17 heavy (non-hydrogen) atoms. The zero-order chi connectivity index (χ0) is 12.3. The zero-order valence-corrected chi connectivity index (χ0v) is 10.6. The number of allylic oxidation sites excluding steroid dienone is 3. The standard InChI is InChI=1S/C16H22O/c1-3-4-5-7-10-15(2)13-17-14-16-11-8-6-9-12-16/h3,5-9,11-12,15H,1,4,10,13-14H2,2H3/b7-5+/t15-/m1/s1. The van der Waals surface area contributed by atoms with Crippen molar-refractivity contribution in [1.82, 2.24) is 0 Å². The molecule has 0 aliphatic heterocycles. The van der Waals surface area contributed by atoms with Gasteiger partial charge in [0.25, 0.3) is 0 Å². The second kappa shape index (κ2) is 8.77. The fraction of sp³-hybridized carbons (Fsp3) is 0.375. The van der Waals surface area contributed by atoms with Crippen LogP contribution in [0, 0.1) is 5.92 Å². The van der Waals surface area contributed by atoms with E-state index in [0.717, 1.165) is 19.4 Å². The van der Waals surface area contributed by atoms with E-state index >= 15 is 0 Å². The molecule has 0 saturated carbocycles. The maximum atomic E-state index is 5.68. The van der Waals surface area contributed by atoms with Crippen LogP contribution in [-0.2, 0) is 11.3 Å². The van der Waals surface area contributed by atoms with Crippen molar-refractivity contribution in [2.24, 2.45) is 5.92 Å². The highest BCUT2D eigenvalue weighted by Crippen LogP contribution is 2.07. The normalized spacial score (nSPS) is 12.8. The van der Waals surface area contributed by atoms with Crippen molar-refractivity contribution in [1.29, 1.82) is 0 Å². The molecule has 0 aliphatic rings. The quantitative estimate of drug-likeness (QED) is 0.603. The molecule has 0 amide bonds. The third kappa shape index (κ3) is 6.75. The Morgan fingerprint density at radius 3 is 2.71 bits per heavy atom. The van der Waals surface area contributed by atoms with Crippen LogP contribution in [0.25, 0.3) is 0 Å². The van der Waals surface area contributed by atoms with Gasteiger partial charge in [-0.1, -0.05) is 55.5 Å². The van der Waals surface area contributed by atoms with Gasteiger partial charge in [0.2, 0.25) is 0 Å². The minimum absolute atomic E-state index is 0.569. The predicted molar refractivity (Wildman–Crippen MR) is 73.8 cm³/mol. The van der Waals surface area contributed by atoms with E-state index in [-0.39, 0.29) is 0 Å². The molecule has 0 heterocycles. The van der Waals surface area contributed by atoms with Crippen LogP contribution in [-0.4, -0.2) is 6.61 Å². The zero-order valence-electron chi connectivity index (χ0n) is 10.6. The highest BCUT2D eigenvalue weighted by Gasteiger charge is 1.99. The van der Waals surface area contributed by atoms with E-state index in [1.165, 1.54) is 5.56 Å². The monoisotopic (exact) mass is 230 g/mol. The van der Waals surface area contributed by atoms with Gasteiger partial charge in [-0.3, -0.25) is 0 Å². The van der Waals surface area contributed by atoms with Crippen molar-refractivity contribution in [3.63, 3.8) is 0 Å². The third-order valence-electron chi connectivity index (χ3n) is 2.52. The first kappa shape index (κ1) is 13.7. The van der Waals surface area contributed by atoms with Gasteiger partial charge in [0, 0.05) is 6.61 Å². The van der Waals surface area contributed by atoms with Crippen LogP contribution in [0.1, 0.15) is 25.3 Å². The number of ether oxygens (including phenoxy) is 1. The molecule has 0 radical (unpaired) electrons. The van der Waals surface area contributed by atoms with E-state index < -0.39 is 0 Å². The van der Waals surface area contributed by atoms with Gasteiger partial charge in [0.15, 0.2) is 0 Å². The van der Waals surface area contributed by atoms with Gasteiger partial charge >= 0.3 is 0 Å². The first-order valence-corrected chi connectivity index (χ1v) is 6.20. The molecule has 1 aromatic rings. The van der Waals surface area contributed by atoms with Crippen molar-refractivity contribution in [2.75, 3.05) is 6.61 Å². The van der Waals surface area contributed by atoms with Gasteiger partial charge in [-0.05, 0) is 24.3 Å². The van der Waals surface area contributed by atoms with Crippen LogP contribution >= 0.6 is 0 Å². The fourth-order valence-corrected chi connectivity index (χ4v) is 1.54. The Hall–Kier alpha value is -1.34. The van der Waals surface area contributed by atoms with E-state index in [1.807, 2.05) is 24.3 Å². The van der Waals surface area contributed by atoms with Crippen molar-refractivity contribution in [3.05, 3.63) is 60.7 Å².